The van der Waals surface area contributed by atoms with Crippen LogP contribution in [0.1, 0.15) is 53.5 Å². The lowest BCUT2D eigenvalue weighted by atomic mass is 10.0. The minimum absolute atomic E-state index is 0.0627. The number of hydrogen-bond donors (Lipinski definition) is 1. The van der Waals surface area contributed by atoms with E-state index in [1.165, 1.54) is 0 Å². The van der Waals surface area contributed by atoms with Gasteiger partial charge >= 0.3 is 0 Å². The van der Waals surface area contributed by atoms with Crippen LogP contribution in [0.3, 0.4) is 0 Å². The maximum atomic E-state index is 14.6. The quantitative estimate of drug-likeness (QED) is 0.192. The molecule has 1 fully saturated rings. The second-order valence-corrected chi connectivity index (χ2v) is 14.2. The third kappa shape index (κ3) is 8.23. The van der Waals surface area contributed by atoms with Gasteiger partial charge < -0.3 is 10.2 Å². The standard InChI is InChI=1S/C38H43N3O4S/c1-28-16-20-34(21-17-28)41(46(44,45)35-22-18-29(2)19-23-35)27-37(42)40(26-32-13-9-10-30(3)24-32)36(25-31-11-5-4-6-12-31)38(43)39-33-14-7-8-15-33/h4-6,9-13,16-24,33,36H,7-8,14-15,25-27H2,1-3H3,(H,39,43)/t36-/m1/s1. The second kappa shape index (κ2) is 14.8. The first-order chi connectivity index (χ1) is 22.1. The number of anilines is 1. The molecule has 46 heavy (non-hydrogen) atoms. The molecule has 0 saturated heterocycles. The Morgan fingerprint density at radius 3 is 2.00 bits per heavy atom. The van der Waals surface area contributed by atoms with Crippen molar-refractivity contribution in [3.63, 3.8) is 0 Å². The first-order valence-electron chi connectivity index (χ1n) is 16.0. The molecule has 8 heteroatoms. The van der Waals surface area contributed by atoms with E-state index in [1.54, 1.807) is 41.3 Å². The molecular formula is C38H43N3O4S. The van der Waals surface area contributed by atoms with Gasteiger partial charge in [-0.2, -0.15) is 0 Å². The molecule has 1 aliphatic rings. The molecule has 4 aromatic carbocycles. The van der Waals surface area contributed by atoms with Crippen LogP contribution < -0.4 is 9.62 Å². The summed E-state index contributed by atoms with van der Waals surface area (Å²) in [6, 6.07) is 30.4. The van der Waals surface area contributed by atoms with Crippen molar-refractivity contribution in [1.29, 1.82) is 0 Å². The van der Waals surface area contributed by atoms with Crippen molar-refractivity contribution >= 4 is 27.5 Å². The van der Waals surface area contributed by atoms with Crippen molar-refractivity contribution in [3.05, 3.63) is 131 Å². The van der Waals surface area contributed by atoms with E-state index in [0.29, 0.717) is 12.1 Å². The van der Waals surface area contributed by atoms with Crippen LogP contribution in [-0.2, 0) is 32.6 Å². The predicted molar refractivity (Wildman–Crippen MR) is 183 cm³/mol. The average Bonchev–Trinajstić information content (AvgIpc) is 3.55. The van der Waals surface area contributed by atoms with Crippen molar-refractivity contribution < 1.29 is 18.0 Å². The van der Waals surface area contributed by atoms with Gasteiger partial charge in [0.15, 0.2) is 0 Å². The molecule has 5 rings (SSSR count). The van der Waals surface area contributed by atoms with Gasteiger partial charge in [0.05, 0.1) is 10.6 Å². The Labute approximate surface area is 273 Å². The van der Waals surface area contributed by atoms with Crippen molar-refractivity contribution in [1.82, 2.24) is 10.2 Å². The topological polar surface area (TPSA) is 86.8 Å². The van der Waals surface area contributed by atoms with Crippen molar-refractivity contribution in [2.24, 2.45) is 0 Å². The number of amides is 2. The van der Waals surface area contributed by atoms with Gasteiger partial charge in [-0.05, 0) is 69.0 Å². The zero-order valence-corrected chi connectivity index (χ0v) is 27.7. The van der Waals surface area contributed by atoms with Crippen molar-refractivity contribution in [3.8, 4) is 0 Å². The third-order valence-electron chi connectivity index (χ3n) is 8.62. The normalized spacial score (nSPS) is 14.1. The van der Waals surface area contributed by atoms with E-state index in [0.717, 1.165) is 57.8 Å². The summed E-state index contributed by atoms with van der Waals surface area (Å²) in [5.41, 5.74) is 5.09. The maximum absolute atomic E-state index is 14.6. The molecule has 0 radical (unpaired) electrons. The molecule has 0 bridgehead atoms. The summed E-state index contributed by atoms with van der Waals surface area (Å²) in [5.74, 6) is -0.680. The van der Waals surface area contributed by atoms with Crippen LogP contribution in [-0.4, -0.2) is 43.8 Å². The molecule has 0 aromatic heterocycles. The van der Waals surface area contributed by atoms with E-state index in [4.69, 9.17) is 0 Å². The summed E-state index contributed by atoms with van der Waals surface area (Å²) in [6.45, 7) is 5.49. The molecule has 1 atom stereocenters. The lowest BCUT2D eigenvalue weighted by Gasteiger charge is -2.34. The predicted octanol–water partition coefficient (Wildman–Crippen LogP) is 6.51. The summed E-state index contributed by atoms with van der Waals surface area (Å²) in [5, 5.41) is 3.22. The van der Waals surface area contributed by atoms with E-state index >= 15 is 0 Å². The molecule has 1 N–H and O–H groups in total. The Morgan fingerprint density at radius 1 is 0.761 bits per heavy atom. The highest BCUT2D eigenvalue weighted by molar-refractivity contribution is 7.92. The van der Waals surface area contributed by atoms with Crippen molar-refractivity contribution in [2.75, 3.05) is 10.8 Å². The highest BCUT2D eigenvalue weighted by atomic mass is 32.2. The number of carbonyl (C=O) groups excluding carboxylic acids is 2. The largest absolute Gasteiger partial charge is 0.352 e. The number of hydrogen-bond acceptors (Lipinski definition) is 4. The molecule has 0 heterocycles. The smallest absolute Gasteiger partial charge is 0.264 e. The molecule has 7 nitrogen and oxygen atoms in total. The monoisotopic (exact) mass is 637 g/mol. The SMILES string of the molecule is Cc1ccc(N(CC(=O)N(Cc2cccc(C)c2)[C@H](Cc2ccccc2)C(=O)NC2CCCC2)S(=O)(=O)c2ccc(C)cc2)cc1. The fraction of sp³-hybridized carbons (Fsp3) is 0.316. The summed E-state index contributed by atoms with van der Waals surface area (Å²) >= 11 is 0. The third-order valence-corrected chi connectivity index (χ3v) is 10.4. The molecule has 0 unspecified atom stereocenters. The van der Waals surface area contributed by atoms with Gasteiger partial charge in [0, 0.05) is 19.0 Å². The summed E-state index contributed by atoms with van der Waals surface area (Å²) in [6.07, 6.45) is 4.23. The number of nitrogens with one attached hydrogen (secondary N) is 1. The van der Waals surface area contributed by atoms with E-state index in [-0.39, 0.29) is 23.4 Å². The number of benzene rings is 4. The molecule has 240 valence electrons. The van der Waals surface area contributed by atoms with Crippen LogP contribution in [0.4, 0.5) is 5.69 Å². The highest BCUT2D eigenvalue weighted by Gasteiger charge is 2.35. The van der Waals surface area contributed by atoms with Crippen LogP contribution >= 0.6 is 0 Å². The molecule has 0 aliphatic heterocycles. The Balaban J connectivity index is 1.56. The fourth-order valence-corrected chi connectivity index (χ4v) is 7.42. The zero-order chi connectivity index (χ0) is 32.7. The average molecular weight is 638 g/mol. The van der Waals surface area contributed by atoms with Gasteiger partial charge in [0.1, 0.15) is 12.6 Å². The second-order valence-electron chi connectivity index (χ2n) is 12.4. The maximum Gasteiger partial charge on any atom is 0.264 e. The minimum Gasteiger partial charge on any atom is -0.352 e. The van der Waals surface area contributed by atoms with E-state index < -0.39 is 28.5 Å². The lowest BCUT2D eigenvalue weighted by Crippen LogP contribution is -2.54. The first-order valence-corrected chi connectivity index (χ1v) is 17.4. The number of carbonyl (C=O) groups is 2. The van der Waals surface area contributed by atoms with Crippen LogP contribution in [0.5, 0.6) is 0 Å². The van der Waals surface area contributed by atoms with Crippen LogP contribution in [0, 0.1) is 20.8 Å². The highest BCUT2D eigenvalue weighted by Crippen LogP contribution is 2.26. The van der Waals surface area contributed by atoms with Gasteiger partial charge in [0.2, 0.25) is 11.8 Å². The van der Waals surface area contributed by atoms with Gasteiger partial charge in [-0.3, -0.25) is 13.9 Å². The fourth-order valence-electron chi connectivity index (χ4n) is 6.01. The molecule has 1 saturated carbocycles. The Kier molecular flexibility index (Phi) is 10.6. The van der Waals surface area contributed by atoms with Crippen LogP contribution in [0.2, 0.25) is 0 Å². The molecule has 0 spiro atoms. The Bertz CT molecular complexity index is 1730. The van der Waals surface area contributed by atoms with Gasteiger partial charge in [-0.1, -0.05) is 108 Å². The molecule has 1 aliphatic carbocycles. The Hall–Kier alpha value is -4.43. The summed E-state index contributed by atoms with van der Waals surface area (Å²) in [4.78, 5) is 30.4. The zero-order valence-electron chi connectivity index (χ0n) is 26.9. The van der Waals surface area contributed by atoms with Crippen LogP contribution in [0.25, 0.3) is 0 Å². The molecule has 2 amide bonds. The van der Waals surface area contributed by atoms with Crippen LogP contribution in [0.15, 0.2) is 108 Å². The first kappa shape index (κ1) is 32.9. The Morgan fingerprint density at radius 2 is 1.37 bits per heavy atom. The lowest BCUT2D eigenvalue weighted by molar-refractivity contribution is -0.140. The van der Waals surface area contributed by atoms with E-state index in [1.807, 2.05) is 87.5 Å². The van der Waals surface area contributed by atoms with Crippen molar-refractivity contribution in [2.45, 2.75) is 76.4 Å². The molecule has 4 aromatic rings. The van der Waals surface area contributed by atoms with Gasteiger partial charge in [-0.15, -0.1) is 0 Å². The number of aryl methyl sites for hydroxylation is 3. The number of sulfonamides is 1. The number of nitrogens with zero attached hydrogens (tertiary/aromatic N) is 2. The minimum atomic E-state index is -4.13. The summed E-state index contributed by atoms with van der Waals surface area (Å²) in [7, 11) is -4.13. The summed E-state index contributed by atoms with van der Waals surface area (Å²) < 4.78 is 29.5. The van der Waals surface area contributed by atoms with Gasteiger partial charge in [0.25, 0.3) is 10.0 Å². The van der Waals surface area contributed by atoms with E-state index in [2.05, 4.69) is 5.32 Å². The number of rotatable bonds is 12. The van der Waals surface area contributed by atoms with Gasteiger partial charge in [-0.25, -0.2) is 8.42 Å². The van der Waals surface area contributed by atoms with E-state index in [9.17, 15) is 18.0 Å². The molecular weight excluding hydrogens is 595 g/mol.